The van der Waals surface area contributed by atoms with E-state index in [-0.39, 0.29) is 12.0 Å². The molecule has 1 rings (SSSR count). The number of rotatable bonds is 7. The fourth-order valence-corrected chi connectivity index (χ4v) is 2.56. The van der Waals surface area contributed by atoms with Gasteiger partial charge in [0.05, 0.1) is 7.11 Å². The van der Waals surface area contributed by atoms with Gasteiger partial charge in [0.1, 0.15) is 12.4 Å². The Morgan fingerprint density at radius 1 is 1.75 bits per heavy atom. The Morgan fingerprint density at radius 2 is 2.56 bits per heavy atom. The van der Waals surface area contributed by atoms with Crippen molar-refractivity contribution >= 4 is 29.3 Å². The summed E-state index contributed by atoms with van der Waals surface area (Å²) >= 11 is 2.84. The van der Waals surface area contributed by atoms with E-state index in [2.05, 4.69) is 21.6 Å². The van der Waals surface area contributed by atoms with Crippen LogP contribution in [0.15, 0.2) is 10.7 Å². The molecule has 0 bridgehead atoms. The van der Waals surface area contributed by atoms with Crippen molar-refractivity contribution in [2.75, 3.05) is 19.4 Å². The van der Waals surface area contributed by atoms with Gasteiger partial charge in [-0.25, -0.2) is 4.98 Å². The smallest absolute Gasteiger partial charge is 0.323 e. The van der Waals surface area contributed by atoms with Crippen LogP contribution in [0, 0.1) is 0 Å². The average molecular weight is 261 g/mol. The molecule has 1 unspecified atom stereocenters. The van der Waals surface area contributed by atoms with Crippen LogP contribution in [0.3, 0.4) is 0 Å². The van der Waals surface area contributed by atoms with Crippen LogP contribution in [0.4, 0.5) is 0 Å². The van der Waals surface area contributed by atoms with E-state index in [1.54, 1.807) is 0 Å². The lowest BCUT2D eigenvalue weighted by molar-refractivity contribution is -0.142. The summed E-state index contributed by atoms with van der Waals surface area (Å²) in [7, 11) is 1.40. The normalized spacial score (nSPS) is 12.4. The van der Waals surface area contributed by atoms with Gasteiger partial charge in [0.2, 0.25) is 0 Å². The van der Waals surface area contributed by atoms with Crippen molar-refractivity contribution in [3.63, 3.8) is 0 Å². The van der Waals surface area contributed by atoms with Gasteiger partial charge in [-0.1, -0.05) is 18.7 Å². The van der Waals surface area contributed by atoms with E-state index in [9.17, 15) is 4.79 Å². The minimum absolute atomic E-state index is 0.231. The van der Waals surface area contributed by atoms with Crippen LogP contribution >= 0.6 is 23.3 Å². The predicted molar refractivity (Wildman–Crippen MR) is 64.7 cm³/mol. The second-order valence-electron chi connectivity index (χ2n) is 3.05. The van der Waals surface area contributed by atoms with Gasteiger partial charge >= 0.3 is 5.97 Å². The molecule has 1 heterocycles. The van der Waals surface area contributed by atoms with Gasteiger partial charge in [0, 0.05) is 5.75 Å². The Labute approximate surface area is 103 Å². The van der Waals surface area contributed by atoms with Crippen LogP contribution < -0.4 is 5.32 Å². The van der Waals surface area contributed by atoms with E-state index in [0.29, 0.717) is 5.75 Å². The highest BCUT2D eigenvalue weighted by molar-refractivity contribution is 8.01. The van der Waals surface area contributed by atoms with Crippen molar-refractivity contribution in [3.05, 3.63) is 6.33 Å². The number of methoxy groups -OCH3 is 1. The second kappa shape index (κ2) is 7.59. The molecule has 90 valence electrons. The van der Waals surface area contributed by atoms with Gasteiger partial charge in [0.25, 0.3) is 0 Å². The standard InChI is InChI=1S/C9H15N3O2S2/c1-3-4-10-7(8(13)14-2)5-15-9-11-6-12-16-9/h6-7,10H,3-5H2,1-2H3. The third-order valence-electron chi connectivity index (χ3n) is 1.84. The zero-order chi connectivity index (χ0) is 11.8. The lowest BCUT2D eigenvalue weighted by Crippen LogP contribution is -2.40. The summed E-state index contributed by atoms with van der Waals surface area (Å²) < 4.78 is 9.50. The van der Waals surface area contributed by atoms with Gasteiger partial charge in [-0.2, -0.15) is 4.37 Å². The summed E-state index contributed by atoms with van der Waals surface area (Å²) in [5, 5.41) is 3.14. The summed E-state index contributed by atoms with van der Waals surface area (Å²) in [5.41, 5.74) is 0. The number of carbonyl (C=O) groups is 1. The predicted octanol–water partition coefficient (Wildman–Crippen LogP) is 1.17. The third kappa shape index (κ3) is 4.46. The van der Waals surface area contributed by atoms with Crippen LogP contribution in [0.5, 0.6) is 0 Å². The maximum atomic E-state index is 11.4. The van der Waals surface area contributed by atoms with E-state index in [0.717, 1.165) is 17.3 Å². The topological polar surface area (TPSA) is 64.1 Å². The maximum absolute atomic E-state index is 11.4. The van der Waals surface area contributed by atoms with E-state index in [1.165, 1.54) is 36.7 Å². The average Bonchev–Trinajstić information content (AvgIpc) is 2.81. The summed E-state index contributed by atoms with van der Waals surface area (Å²) in [6.07, 6.45) is 2.50. The number of nitrogens with zero attached hydrogens (tertiary/aromatic N) is 2. The Kier molecular flexibility index (Phi) is 6.36. The van der Waals surface area contributed by atoms with Gasteiger partial charge in [-0.3, -0.25) is 4.79 Å². The highest BCUT2D eigenvalue weighted by atomic mass is 32.2. The quantitative estimate of drug-likeness (QED) is 0.587. The molecule has 0 saturated carbocycles. The molecule has 1 aromatic rings. The van der Waals surface area contributed by atoms with Crippen molar-refractivity contribution in [1.29, 1.82) is 0 Å². The first-order valence-corrected chi connectivity index (χ1v) is 6.74. The number of esters is 1. The SMILES string of the molecule is CCCNC(CSc1ncns1)C(=O)OC. The van der Waals surface area contributed by atoms with Crippen molar-refractivity contribution in [2.45, 2.75) is 23.7 Å². The van der Waals surface area contributed by atoms with Crippen molar-refractivity contribution < 1.29 is 9.53 Å². The first-order chi connectivity index (χ1) is 7.77. The van der Waals surface area contributed by atoms with Crippen LogP contribution in [0.25, 0.3) is 0 Å². The molecular weight excluding hydrogens is 246 g/mol. The number of thioether (sulfide) groups is 1. The van der Waals surface area contributed by atoms with E-state index in [1.807, 2.05) is 0 Å². The van der Waals surface area contributed by atoms with Gasteiger partial charge in [-0.15, -0.1) is 0 Å². The molecule has 0 saturated heterocycles. The van der Waals surface area contributed by atoms with Gasteiger partial charge < -0.3 is 10.1 Å². The molecule has 0 aliphatic carbocycles. The number of nitrogens with one attached hydrogen (secondary N) is 1. The Hall–Kier alpha value is -0.660. The van der Waals surface area contributed by atoms with Crippen LogP contribution in [-0.4, -0.2) is 40.8 Å². The largest absolute Gasteiger partial charge is 0.468 e. The summed E-state index contributed by atoms with van der Waals surface area (Å²) in [5.74, 6) is 0.382. The van der Waals surface area contributed by atoms with Crippen LogP contribution in [0.2, 0.25) is 0 Å². The number of aromatic nitrogens is 2. The Morgan fingerprint density at radius 3 is 3.12 bits per heavy atom. The number of hydrogen-bond donors (Lipinski definition) is 1. The molecule has 1 aromatic heterocycles. The van der Waals surface area contributed by atoms with Gasteiger partial charge in [0.15, 0.2) is 4.34 Å². The molecule has 7 heteroatoms. The molecule has 0 aliphatic heterocycles. The third-order valence-corrected chi connectivity index (χ3v) is 3.73. The Bertz CT molecular complexity index is 306. The van der Waals surface area contributed by atoms with Crippen molar-refractivity contribution in [2.24, 2.45) is 0 Å². The minimum Gasteiger partial charge on any atom is -0.468 e. The fraction of sp³-hybridized carbons (Fsp3) is 0.667. The molecule has 1 N–H and O–H groups in total. The highest BCUT2D eigenvalue weighted by Crippen LogP contribution is 2.19. The zero-order valence-corrected chi connectivity index (χ0v) is 10.9. The molecule has 0 radical (unpaired) electrons. The fourth-order valence-electron chi connectivity index (χ4n) is 1.05. The van der Waals surface area contributed by atoms with Crippen LogP contribution in [0.1, 0.15) is 13.3 Å². The zero-order valence-electron chi connectivity index (χ0n) is 9.30. The van der Waals surface area contributed by atoms with E-state index >= 15 is 0 Å². The number of ether oxygens (including phenoxy) is 1. The molecular formula is C9H15N3O2S2. The Balaban J connectivity index is 2.40. The molecule has 0 amide bonds. The molecule has 0 aliphatic rings. The molecule has 0 spiro atoms. The van der Waals surface area contributed by atoms with Crippen molar-refractivity contribution in [1.82, 2.24) is 14.7 Å². The summed E-state index contributed by atoms with van der Waals surface area (Å²) in [6.45, 7) is 2.86. The molecule has 5 nitrogen and oxygen atoms in total. The van der Waals surface area contributed by atoms with Crippen LogP contribution in [-0.2, 0) is 9.53 Å². The monoisotopic (exact) mass is 261 g/mol. The van der Waals surface area contributed by atoms with E-state index < -0.39 is 0 Å². The van der Waals surface area contributed by atoms with Gasteiger partial charge in [-0.05, 0) is 24.5 Å². The first kappa shape index (κ1) is 13.4. The number of carbonyl (C=O) groups excluding carboxylic acids is 1. The minimum atomic E-state index is -0.279. The second-order valence-corrected chi connectivity index (χ2v) is 5.10. The first-order valence-electron chi connectivity index (χ1n) is 4.98. The highest BCUT2D eigenvalue weighted by Gasteiger charge is 2.18. The lowest BCUT2D eigenvalue weighted by Gasteiger charge is -2.14. The molecule has 1 atom stereocenters. The summed E-state index contributed by atoms with van der Waals surface area (Å²) in [4.78, 5) is 15.5. The maximum Gasteiger partial charge on any atom is 0.323 e. The van der Waals surface area contributed by atoms with E-state index in [4.69, 9.17) is 4.74 Å². The molecule has 0 fully saturated rings. The number of hydrogen-bond acceptors (Lipinski definition) is 7. The van der Waals surface area contributed by atoms with Crippen molar-refractivity contribution in [3.8, 4) is 0 Å². The molecule has 16 heavy (non-hydrogen) atoms. The lowest BCUT2D eigenvalue weighted by atomic mass is 10.3. The molecule has 0 aromatic carbocycles. The summed E-state index contributed by atoms with van der Waals surface area (Å²) in [6, 6.07) is -0.279.